The normalized spacial score (nSPS) is 15.9. The molecule has 6 nitrogen and oxygen atoms in total. The smallest absolute Gasteiger partial charge is 0.294 e. The van der Waals surface area contributed by atoms with Crippen molar-refractivity contribution in [1.82, 2.24) is 0 Å². The molecule has 176 valence electrons. The van der Waals surface area contributed by atoms with E-state index in [0.29, 0.717) is 30.2 Å². The van der Waals surface area contributed by atoms with Gasteiger partial charge in [-0.1, -0.05) is 44.2 Å². The molecule has 7 heteroatoms. The van der Waals surface area contributed by atoms with Crippen LogP contribution < -0.4 is 9.64 Å². The van der Waals surface area contributed by atoms with Gasteiger partial charge >= 0.3 is 0 Å². The topological polar surface area (TPSA) is 76.1 Å². The molecule has 0 radical (unpaired) electrons. The van der Waals surface area contributed by atoms with Crippen LogP contribution in [0.3, 0.4) is 0 Å². The van der Waals surface area contributed by atoms with E-state index in [1.54, 1.807) is 38.4 Å². The van der Waals surface area contributed by atoms with Crippen LogP contribution in [0.4, 0.5) is 5.69 Å². The molecule has 4 rings (SSSR count). The molecule has 0 fully saturated rings. The van der Waals surface area contributed by atoms with Crippen molar-refractivity contribution < 1.29 is 24.2 Å². The molecule has 1 aliphatic rings. The van der Waals surface area contributed by atoms with E-state index >= 15 is 0 Å². The number of benzene rings is 2. The number of hydrogen-bond acceptors (Lipinski definition) is 6. The van der Waals surface area contributed by atoms with Crippen molar-refractivity contribution in [2.45, 2.75) is 19.9 Å². The van der Waals surface area contributed by atoms with Crippen LogP contribution >= 0.6 is 11.3 Å². The number of nitrogens with zero attached hydrogens (tertiary/aromatic N) is 1. The Morgan fingerprint density at radius 1 is 1.06 bits per heavy atom. The van der Waals surface area contributed by atoms with Crippen molar-refractivity contribution >= 4 is 28.7 Å². The molecule has 1 N–H and O–H groups in total. The fourth-order valence-electron chi connectivity index (χ4n) is 4.04. The third kappa shape index (κ3) is 4.49. The standard InChI is InChI=1S/C27H27NO5S/c1-17(2)25(29)23-24(21-6-4-5-7-22(21)33-14-13-32-3)28(27(31)26(23)30)20-10-8-18(9-11-20)19-12-15-34-16-19/h4-12,15-17,24,30H,13-14H2,1-3H3/t24-/m0/s1. The number of para-hydroxylation sites is 1. The molecular weight excluding hydrogens is 450 g/mol. The number of carbonyl (C=O) groups excluding carboxylic acids is 2. The van der Waals surface area contributed by atoms with Crippen LogP contribution in [0, 0.1) is 5.92 Å². The first kappa shape index (κ1) is 23.7. The van der Waals surface area contributed by atoms with E-state index in [2.05, 4.69) is 5.38 Å². The number of hydrogen-bond donors (Lipinski definition) is 1. The third-order valence-electron chi connectivity index (χ3n) is 5.76. The Bertz CT molecular complexity index is 1200. The minimum absolute atomic E-state index is 0.0877. The summed E-state index contributed by atoms with van der Waals surface area (Å²) in [6, 6.07) is 16.0. The van der Waals surface area contributed by atoms with Gasteiger partial charge < -0.3 is 14.6 Å². The predicted molar refractivity (Wildman–Crippen MR) is 133 cm³/mol. The van der Waals surface area contributed by atoms with Gasteiger partial charge in [0.2, 0.25) is 0 Å². The van der Waals surface area contributed by atoms with E-state index in [1.165, 1.54) is 4.90 Å². The number of ketones is 1. The van der Waals surface area contributed by atoms with Gasteiger partial charge in [0.05, 0.1) is 18.2 Å². The SMILES string of the molecule is COCCOc1ccccc1[C@H]1C(C(=O)C(C)C)=C(O)C(=O)N1c1ccc(-c2ccsc2)cc1. The number of Topliss-reactive ketones (excluding diaryl/α,β-unsaturated/α-hetero) is 1. The zero-order valence-electron chi connectivity index (χ0n) is 19.4. The Kier molecular flexibility index (Phi) is 7.14. The molecule has 0 saturated heterocycles. The average molecular weight is 478 g/mol. The number of methoxy groups -OCH3 is 1. The van der Waals surface area contributed by atoms with Crippen LogP contribution in [0.1, 0.15) is 25.5 Å². The molecule has 0 saturated carbocycles. The van der Waals surface area contributed by atoms with E-state index in [9.17, 15) is 14.7 Å². The minimum atomic E-state index is -0.812. The zero-order chi connectivity index (χ0) is 24.2. The highest BCUT2D eigenvalue weighted by Crippen LogP contribution is 2.45. The Morgan fingerprint density at radius 3 is 2.44 bits per heavy atom. The summed E-state index contributed by atoms with van der Waals surface area (Å²) in [5.74, 6) is -1.27. The Balaban J connectivity index is 1.80. The van der Waals surface area contributed by atoms with Crippen LogP contribution in [-0.2, 0) is 14.3 Å². The lowest BCUT2D eigenvalue weighted by atomic mass is 9.90. The first-order valence-corrected chi connectivity index (χ1v) is 12.0. The molecule has 0 aliphatic carbocycles. The summed E-state index contributed by atoms with van der Waals surface area (Å²) in [6.07, 6.45) is 0. The molecule has 1 atom stereocenters. The molecule has 3 aromatic rings. The lowest BCUT2D eigenvalue weighted by molar-refractivity contribution is -0.119. The molecule has 34 heavy (non-hydrogen) atoms. The van der Waals surface area contributed by atoms with E-state index in [0.717, 1.165) is 11.1 Å². The maximum atomic E-state index is 13.3. The maximum absolute atomic E-state index is 13.3. The van der Waals surface area contributed by atoms with Gasteiger partial charge in [0.1, 0.15) is 12.4 Å². The molecule has 1 aliphatic heterocycles. The van der Waals surface area contributed by atoms with Crippen LogP contribution in [0.15, 0.2) is 76.7 Å². The van der Waals surface area contributed by atoms with Crippen molar-refractivity contribution in [1.29, 1.82) is 0 Å². The third-order valence-corrected chi connectivity index (χ3v) is 6.44. The summed E-state index contributed by atoms with van der Waals surface area (Å²) < 4.78 is 11.0. The summed E-state index contributed by atoms with van der Waals surface area (Å²) in [4.78, 5) is 28.0. The molecule has 0 bridgehead atoms. The number of anilines is 1. The monoisotopic (exact) mass is 477 g/mol. The van der Waals surface area contributed by atoms with Crippen LogP contribution in [-0.4, -0.2) is 37.1 Å². The summed E-state index contributed by atoms with van der Waals surface area (Å²) in [5.41, 5.74) is 3.41. The van der Waals surface area contributed by atoms with Crippen LogP contribution in [0.5, 0.6) is 5.75 Å². The summed E-state index contributed by atoms with van der Waals surface area (Å²) in [5, 5.41) is 14.9. The first-order valence-electron chi connectivity index (χ1n) is 11.1. The summed E-state index contributed by atoms with van der Waals surface area (Å²) in [7, 11) is 1.59. The van der Waals surface area contributed by atoms with E-state index < -0.39 is 23.6 Å². The number of ether oxygens (including phenoxy) is 2. The van der Waals surface area contributed by atoms with Gasteiger partial charge in [0.15, 0.2) is 11.5 Å². The lowest BCUT2D eigenvalue weighted by Crippen LogP contribution is -2.31. The number of carbonyl (C=O) groups is 2. The van der Waals surface area contributed by atoms with Crippen molar-refractivity contribution in [3.05, 3.63) is 82.3 Å². The van der Waals surface area contributed by atoms with Gasteiger partial charge in [-0.2, -0.15) is 11.3 Å². The molecule has 0 unspecified atom stereocenters. The molecule has 0 spiro atoms. The summed E-state index contributed by atoms with van der Waals surface area (Å²) >= 11 is 1.61. The Labute approximate surface area is 203 Å². The Morgan fingerprint density at radius 2 is 1.79 bits per heavy atom. The van der Waals surface area contributed by atoms with Crippen molar-refractivity contribution in [2.75, 3.05) is 25.2 Å². The number of aliphatic hydroxyl groups excluding tert-OH is 1. The highest BCUT2D eigenvalue weighted by Gasteiger charge is 2.45. The number of thiophene rings is 1. The molecule has 2 heterocycles. The molecule has 1 amide bonds. The average Bonchev–Trinajstić information content (AvgIpc) is 3.47. The van der Waals surface area contributed by atoms with Gasteiger partial charge in [0.25, 0.3) is 5.91 Å². The van der Waals surface area contributed by atoms with E-state index in [-0.39, 0.29) is 11.4 Å². The minimum Gasteiger partial charge on any atom is -0.503 e. The van der Waals surface area contributed by atoms with Gasteiger partial charge in [-0.3, -0.25) is 14.5 Å². The van der Waals surface area contributed by atoms with Gasteiger partial charge in [-0.05, 0) is 46.2 Å². The second-order valence-corrected chi connectivity index (χ2v) is 9.08. The van der Waals surface area contributed by atoms with Crippen LogP contribution in [0.25, 0.3) is 11.1 Å². The number of aliphatic hydroxyl groups is 1. The maximum Gasteiger partial charge on any atom is 0.294 e. The van der Waals surface area contributed by atoms with E-state index in [4.69, 9.17) is 9.47 Å². The van der Waals surface area contributed by atoms with Gasteiger partial charge in [-0.25, -0.2) is 0 Å². The fourth-order valence-corrected chi connectivity index (χ4v) is 4.71. The van der Waals surface area contributed by atoms with Gasteiger partial charge in [0, 0.05) is 24.3 Å². The van der Waals surface area contributed by atoms with Crippen molar-refractivity contribution in [2.24, 2.45) is 5.92 Å². The molecule has 2 aromatic carbocycles. The fraction of sp³-hybridized carbons (Fsp3) is 0.259. The summed E-state index contributed by atoms with van der Waals surface area (Å²) in [6.45, 7) is 4.21. The highest BCUT2D eigenvalue weighted by atomic mass is 32.1. The number of rotatable bonds is 9. The van der Waals surface area contributed by atoms with Crippen LogP contribution in [0.2, 0.25) is 0 Å². The molecule has 1 aromatic heterocycles. The Hall–Kier alpha value is -3.42. The second-order valence-electron chi connectivity index (χ2n) is 8.30. The molecular formula is C27H27NO5S. The van der Waals surface area contributed by atoms with Gasteiger partial charge in [-0.15, -0.1) is 0 Å². The second kappa shape index (κ2) is 10.2. The van der Waals surface area contributed by atoms with E-state index in [1.807, 2.05) is 53.9 Å². The largest absolute Gasteiger partial charge is 0.503 e. The first-order chi connectivity index (χ1) is 16.4. The number of amides is 1. The quantitative estimate of drug-likeness (QED) is 0.408. The highest BCUT2D eigenvalue weighted by molar-refractivity contribution is 7.08. The van der Waals surface area contributed by atoms with Crippen molar-refractivity contribution in [3.8, 4) is 16.9 Å². The zero-order valence-corrected chi connectivity index (χ0v) is 20.2. The van der Waals surface area contributed by atoms with Crippen molar-refractivity contribution in [3.63, 3.8) is 0 Å². The lowest BCUT2D eigenvalue weighted by Gasteiger charge is -2.29. The predicted octanol–water partition coefficient (Wildman–Crippen LogP) is 5.57.